The molecule has 0 aliphatic heterocycles. The van der Waals surface area contributed by atoms with Crippen molar-refractivity contribution in [3.8, 4) is 28.4 Å². The Morgan fingerprint density at radius 3 is 2.40 bits per heavy atom. The maximum atomic E-state index is 11.8. The van der Waals surface area contributed by atoms with E-state index in [0.29, 0.717) is 28.2 Å². The zero-order chi connectivity index (χ0) is 18.1. The molecule has 7 nitrogen and oxygen atoms in total. The number of carbonyl (C=O) groups is 1. The monoisotopic (exact) mass is 335 g/mol. The highest BCUT2D eigenvalue weighted by atomic mass is 16.3. The Kier molecular flexibility index (Phi) is 4.06. The number of nitrogens with two attached hydrogens (primary N) is 2. The third-order valence-electron chi connectivity index (χ3n) is 4.00. The van der Waals surface area contributed by atoms with Gasteiger partial charge in [0.05, 0.1) is 11.4 Å². The van der Waals surface area contributed by atoms with E-state index in [1.165, 1.54) is 0 Å². The van der Waals surface area contributed by atoms with Crippen LogP contribution < -0.4 is 11.5 Å². The summed E-state index contributed by atoms with van der Waals surface area (Å²) in [6.45, 7) is 3.63. The SMILES string of the molecule is Cc1ccc(O)c(C)c1-c1nc(-c2ccncc2)nc(C(N)=O)c1N. The minimum Gasteiger partial charge on any atom is -0.508 e. The second kappa shape index (κ2) is 6.20. The van der Waals surface area contributed by atoms with Gasteiger partial charge in [0.15, 0.2) is 11.5 Å². The summed E-state index contributed by atoms with van der Waals surface area (Å²) in [5.74, 6) is -0.320. The van der Waals surface area contributed by atoms with Crippen LogP contribution in [-0.2, 0) is 0 Å². The first kappa shape index (κ1) is 16.4. The van der Waals surface area contributed by atoms with Crippen LogP contribution in [0.4, 0.5) is 5.69 Å². The first-order chi connectivity index (χ1) is 11.9. The Balaban J connectivity index is 2.36. The number of nitrogen functional groups attached to an aromatic ring is 1. The van der Waals surface area contributed by atoms with Crippen molar-refractivity contribution in [2.45, 2.75) is 13.8 Å². The van der Waals surface area contributed by atoms with E-state index in [-0.39, 0.29) is 17.1 Å². The predicted molar refractivity (Wildman–Crippen MR) is 94.8 cm³/mol. The van der Waals surface area contributed by atoms with E-state index in [9.17, 15) is 9.90 Å². The quantitative estimate of drug-likeness (QED) is 0.673. The molecule has 0 radical (unpaired) electrons. The molecule has 1 aromatic carbocycles. The number of pyridine rings is 1. The van der Waals surface area contributed by atoms with Crippen molar-refractivity contribution in [1.29, 1.82) is 0 Å². The lowest BCUT2D eigenvalue weighted by molar-refractivity contribution is 0.0996. The molecule has 2 heterocycles. The van der Waals surface area contributed by atoms with Crippen LogP contribution in [0.1, 0.15) is 21.6 Å². The average molecular weight is 335 g/mol. The topological polar surface area (TPSA) is 128 Å². The minimum atomic E-state index is -0.744. The Morgan fingerprint density at radius 2 is 1.76 bits per heavy atom. The highest BCUT2D eigenvalue weighted by Crippen LogP contribution is 2.36. The van der Waals surface area contributed by atoms with Crippen molar-refractivity contribution >= 4 is 11.6 Å². The summed E-state index contributed by atoms with van der Waals surface area (Å²) in [6, 6.07) is 6.81. The molecule has 0 aliphatic rings. The Labute approximate surface area is 144 Å². The van der Waals surface area contributed by atoms with E-state index in [4.69, 9.17) is 11.5 Å². The molecule has 3 aromatic rings. The van der Waals surface area contributed by atoms with Gasteiger partial charge in [0.25, 0.3) is 5.91 Å². The lowest BCUT2D eigenvalue weighted by Crippen LogP contribution is -2.18. The molecule has 0 atom stereocenters. The van der Waals surface area contributed by atoms with Crippen molar-refractivity contribution in [2.24, 2.45) is 5.73 Å². The molecule has 0 unspecified atom stereocenters. The van der Waals surface area contributed by atoms with E-state index in [1.54, 1.807) is 43.6 Å². The van der Waals surface area contributed by atoms with Gasteiger partial charge in [-0.05, 0) is 37.6 Å². The molecule has 0 bridgehead atoms. The van der Waals surface area contributed by atoms with Crippen LogP contribution in [0.25, 0.3) is 22.6 Å². The number of aromatic nitrogens is 3. The van der Waals surface area contributed by atoms with Crippen LogP contribution in [-0.4, -0.2) is 26.0 Å². The molecule has 0 saturated carbocycles. The summed E-state index contributed by atoms with van der Waals surface area (Å²) in [6.07, 6.45) is 3.20. The summed E-state index contributed by atoms with van der Waals surface area (Å²) < 4.78 is 0. The molecule has 0 aliphatic carbocycles. The van der Waals surface area contributed by atoms with Crippen molar-refractivity contribution in [2.75, 3.05) is 5.73 Å². The third kappa shape index (κ3) is 2.87. The van der Waals surface area contributed by atoms with Gasteiger partial charge in [0, 0.05) is 29.1 Å². The predicted octanol–water partition coefficient (Wildman–Crippen LogP) is 2.21. The van der Waals surface area contributed by atoms with E-state index in [2.05, 4.69) is 15.0 Å². The van der Waals surface area contributed by atoms with Gasteiger partial charge in [0.1, 0.15) is 5.75 Å². The lowest BCUT2D eigenvalue weighted by Gasteiger charge is -2.15. The average Bonchev–Trinajstić information content (AvgIpc) is 2.60. The second-order valence-corrected chi connectivity index (χ2v) is 5.66. The van der Waals surface area contributed by atoms with E-state index in [1.807, 2.05) is 6.92 Å². The number of phenolic OH excluding ortho intramolecular Hbond substituents is 1. The number of aromatic hydroxyl groups is 1. The maximum Gasteiger partial charge on any atom is 0.269 e. The molecule has 25 heavy (non-hydrogen) atoms. The fourth-order valence-corrected chi connectivity index (χ4v) is 2.68. The number of rotatable bonds is 3. The number of carbonyl (C=O) groups excluding carboxylic acids is 1. The fourth-order valence-electron chi connectivity index (χ4n) is 2.68. The van der Waals surface area contributed by atoms with E-state index >= 15 is 0 Å². The van der Waals surface area contributed by atoms with Crippen molar-refractivity contribution in [3.63, 3.8) is 0 Å². The van der Waals surface area contributed by atoms with Gasteiger partial charge in [0.2, 0.25) is 0 Å². The summed E-state index contributed by atoms with van der Waals surface area (Å²) in [7, 11) is 0. The minimum absolute atomic E-state index is 0.0565. The highest BCUT2D eigenvalue weighted by Gasteiger charge is 2.21. The number of nitrogens with zero attached hydrogens (tertiary/aromatic N) is 3. The summed E-state index contributed by atoms with van der Waals surface area (Å²) in [5, 5.41) is 10.1. The first-order valence-corrected chi connectivity index (χ1v) is 7.57. The van der Waals surface area contributed by atoms with Gasteiger partial charge in [-0.3, -0.25) is 9.78 Å². The number of amides is 1. The second-order valence-electron chi connectivity index (χ2n) is 5.66. The fraction of sp³-hybridized carbons (Fsp3) is 0.111. The number of primary amides is 1. The lowest BCUT2D eigenvalue weighted by atomic mass is 9.97. The maximum absolute atomic E-state index is 11.8. The van der Waals surface area contributed by atoms with Gasteiger partial charge in [-0.25, -0.2) is 9.97 Å². The standard InChI is InChI=1S/C18H17N5O2/c1-9-3-4-12(24)10(2)13(9)15-14(19)16(17(20)25)23-18(22-15)11-5-7-21-8-6-11/h3-8,24H,19H2,1-2H3,(H2,20,25). The van der Waals surface area contributed by atoms with Crippen LogP contribution >= 0.6 is 0 Å². The number of hydrogen-bond donors (Lipinski definition) is 3. The third-order valence-corrected chi connectivity index (χ3v) is 4.00. The Hall–Kier alpha value is -3.48. The molecule has 126 valence electrons. The number of anilines is 1. The number of phenols is 1. The van der Waals surface area contributed by atoms with Gasteiger partial charge in [-0.2, -0.15) is 0 Å². The largest absolute Gasteiger partial charge is 0.508 e. The Morgan fingerprint density at radius 1 is 1.08 bits per heavy atom. The number of hydrogen-bond acceptors (Lipinski definition) is 6. The van der Waals surface area contributed by atoms with Gasteiger partial charge < -0.3 is 16.6 Å². The molecule has 7 heteroatoms. The van der Waals surface area contributed by atoms with Crippen LogP contribution in [0.15, 0.2) is 36.7 Å². The number of benzene rings is 1. The zero-order valence-electron chi connectivity index (χ0n) is 13.8. The molecule has 3 rings (SSSR count). The van der Waals surface area contributed by atoms with E-state index in [0.717, 1.165) is 5.56 Å². The molecule has 0 saturated heterocycles. The molecular formula is C18H17N5O2. The van der Waals surface area contributed by atoms with Crippen molar-refractivity contribution in [1.82, 2.24) is 15.0 Å². The normalized spacial score (nSPS) is 10.6. The molecule has 0 fully saturated rings. The van der Waals surface area contributed by atoms with Crippen LogP contribution in [0.5, 0.6) is 5.75 Å². The summed E-state index contributed by atoms with van der Waals surface area (Å²) in [4.78, 5) is 24.5. The molecule has 5 N–H and O–H groups in total. The van der Waals surface area contributed by atoms with Gasteiger partial charge in [-0.15, -0.1) is 0 Å². The summed E-state index contributed by atoms with van der Waals surface area (Å²) >= 11 is 0. The Bertz CT molecular complexity index is 971. The number of aryl methyl sites for hydroxylation is 1. The van der Waals surface area contributed by atoms with Crippen molar-refractivity contribution < 1.29 is 9.90 Å². The molecule has 1 amide bonds. The zero-order valence-corrected chi connectivity index (χ0v) is 13.8. The van der Waals surface area contributed by atoms with Crippen LogP contribution in [0.2, 0.25) is 0 Å². The van der Waals surface area contributed by atoms with E-state index < -0.39 is 5.91 Å². The highest BCUT2D eigenvalue weighted by molar-refractivity contribution is 6.00. The smallest absolute Gasteiger partial charge is 0.269 e. The van der Waals surface area contributed by atoms with Crippen LogP contribution in [0, 0.1) is 13.8 Å². The molecular weight excluding hydrogens is 318 g/mol. The molecule has 2 aromatic heterocycles. The van der Waals surface area contributed by atoms with Crippen LogP contribution in [0.3, 0.4) is 0 Å². The van der Waals surface area contributed by atoms with Gasteiger partial charge in [-0.1, -0.05) is 6.07 Å². The first-order valence-electron chi connectivity index (χ1n) is 7.57. The van der Waals surface area contributed by atoms with Crippen molar-refractivity contribution in [3.05, 3.63) is 53.5 Å². The summed E-state index contributed by atoms with van der Waals surface area (Å²) in [5.41, 5.74) is 14.8. The molecule has 0 spiro atoms. The van der Waals surface area contributed by atoms with Gasteiger partial charge >= 0.3 is 0 Å².